The molecule has 0 amide bonds. The average Bonchev–Trinajstić information content (AvgIpc) is 2.72. The van der Waals surface area contributed by atoms with Crippen LogP contribution in [0, 0.1) is 0 Å². The van der Waals surface area contributed by atoms with Crippen molar-refractivity contribution in [2.75, 3.05) is 40.3 Å². The zero-order chi connectivity index (χ0) is 13.0. The molecule has 2 atom stereocenters. The van der Waals surface area contributed by atoms with Gasteiger partial charge in [-0.05, 0) is 26.2 Å². The van der Waals surface area contributed by atoms with Crippen molar-refractivity contribution in [2.45, 2.75) is 12.1 Å². The lowest BCUT2D eigenvalue weighted by Crippen LogP contribution is -2.38. The summed E-state index contributed by atoms with van der Waals surface area (Å²) in [5.74, 6) is 0.904. The molecule has 0 aromatic heterocycles. The Balaban J connectivity index is 1.72. The standard InChI is InChI=1S/C14H22N2O2/c1-15(2)13-10-16(11-14(13)17)8-9-18-12-6-4-3-5-7-12/h3-7,13-14,17H,8-11H2,1-2H3/t13-,14-/m0/s1. The van der Waals surface area contributed by atoms with Crippen LogP contribution in [-0.4, -0.2) is 67.4 Å². The third kappa shape index (κ3) is 3.45. The largest absolute Gasteiger partial charge is 0.492 e. The second-order valence-electron chi connectivity index (χ2n) is 5.02. The molecule has 1 aliphatic rings. The molecule has 1 saturated heterocycles. The molecule has 4 nitrogen and oxygen atoms in total. The van der Waals surface area contributed by atoms with Gasteiger partial charge in [-0.15, -0.1) is 0 Å². The van der Waals surface area contributed by atoms with Crippen molar-refractivity contribution < 1.29 is 9.84 Å². The minimum Gasteiger partial charge on any atom is -0.492 e. The first kappa shape index (κ1) is 13.3. The molecular formula is C14H22N2O2. The Kier molecular flexibility index (Phi) is 4.58. The second-order valence-corrected chi connectivity index (χ2v) is 5.02. The fraction of sp³-hybridized carbons (Fsp3) is 0.571. The second kappa shape index (κ2) is 6.18. The monoisotopic (exact) mass is 250 g/mol. The van der Waals surface area contributed by atoms with Gasteiger partial charge in [0.2, 0.25) is 0 Å². The highest BCUT2D eigenvalue weighted by molar-refractivity contribution is 5.20. The van der Waals surface area contributed by atoms with Crippen LogP contribution >= 0.6 is 0 Å². The highest BCUT2D eigenvalue weighted by Crippen LogP contribution is 2.14. The molecular weight excluding hydrogens is 228 g/mol. The number of hydrogen-bond donors (Lipinski definition) is 1. The van der Waals surface area contributed by atoms with Gasteiger partial charge >= 0.3 is 0 Å². The molecule has 1 fully saturated rings. The normalized spacial score (nSPS) is 24.7. The van der Waals surface area contributed by atoms with E-state index in [4.69, 9.17) is 4.74 Å². The Labute approximate surface area is 109 Å². The summed E-state index contributed by atoms with van der Waals surface area (Å²) in [6.45, 7) is 3.17. The molecule has 1 aromatic rings. The van der Waals surface area contributed by atoms with E-state index in [-0.39, 0.29) is 12.1 Å². The number of β-amino-alcohol motifs (C(OH)–C–C–N with tert-alkyl or cyclic N) is 1. The predicted molar refractivity (Wildman–Crippen MR) is 71.9 cm³/mol. The highest BCUT2D eigenvalue weighted by atomic mass is 16.5. The van der Waals surface area contributed by atoms with Crippen LogP contribution in [0.3, 0.4) is 0 Å². The SMILES string of the molecule is CN(C)[C@H]1CN(CCOc2ccccc2)C[C@@H]1O. The maximum absolute atomic E-state index is 9.92. The van der Waals surface area contributed by atoms with Gasteiger partial charge in [-0.2, -0.15) is 0 Å². The number of aliphatic hydroxyl groups excluding tert-OH is 1. The number of ether oxygens (including phenoxy) is 1. The number of likely N-dealkylation sites (tertiary alicyclic amines) is 1. The third-order valence-electron chi connectivity index (χ3n) is 3.42. The van der Waals surface area contributed by atoms with E-state index in [2.05, 4.69) is 9.80 Å². The minimum absolute atomic E-state index is 0.238. The molecule has 18 heavy (non-hydrogen) atoms. The maximum atomic E-state index is 9.92. The van der Waals surface area contributed by atoms with Crippen molar-refractivity contribution in [3.05, 3.63) is 30.3 Å². The fourth-order valence-electron chi connectivity index (χ4n) is 2.35. The molecule has 2 rings (SSSR count). The molecule has 1 heterocycles. The minimum atomic E-state index is -0.253. The Bertz CT molecular complexity index is 356. The molecule has 0 aliphatic carbocycles. The van der Waals surface area contributed by atoms with E-state index in [1.165, 1.54) is 0 Å². The molecule has 100 valence electrons. The van der Waals surface area contributed by atoms with E-state index < -0.39 is 0 Å². The molecule has 4 heteroatoms. The first-order chi connectivity index (χ1) is 8.66. The van der Waals surface area contributed by atoms with Crippen molar-refractivity contribution in [3.8, 4) is 5.75 Å². The summed E-state index contributed by atoms with van der Waals surface area (Å²) in [6.07, 6.45) is -0.253. The van der Waals surface area contributed by atoms with Crippen LogP contribution < -0.4 is 4.74 Å². The van der Waals surface area contributed by atoms with Crippen LogP contribution in [-0.2, 0) is 0 Å². The molecule has 0 saturated carbocycles. The number of benzene rings is 1. The summed E-state index contributed by atoms with van der Waals surface area (Å²) >= 11 is 0. The first-order valence-corrected chi connectivity index (χ1v) is 6.41. The Morgan fingerprint density at radius 2 is 2.00 bits per heavy atom. The zero-order valence-corrected chi connectivity index (χ0v) is 11.1. The van der Waals surface area contributed by atoms with Crippen molar-refractivity contribution in [1.82, 2.24) is 9.80 Å². The lowest BCUT2D eigenvalue weighted by atomic mass is 10.2. The molecule has 1 N–H and O–H groups in total. The van der Waals surface area contributed by atoms with Gasteiger partial charge in [0.05, 0.1) is 6.10 Å². The van der Waals surface area contributed by atoms with Gasteiger partial charge in [0.15, 0.2) is 0 Å². The van der Waals surface area contributed by atoms with Gasteiger partial charge in [-0.3, -0.25) is 4.90 Å². The lowest BCUT2D eigenvalue weighted by Gasteiger charge is -2.21. The van der Waals surface area contributed by atoms with Gasteiger partial charge in [0, 0.05) is 25.7 Å². The summed E-state index contributed by atoms with van der Waals surface area (Å²) in [6, 6.07) is 10.1. The van der Waals surface area contributed by atoms with Gasteiger partial charge in [0.25, 0.3) is 0 Å². The molecule has 1 aliphatic heterocycles. The van der Waals surface area contributed by atoms with Crippen LogP contribution in [0.4, 0.5) is 0 Å². The van der Waals surface area contributed by atoms with E-state index in [1.54, 1.807) is 0 Å². The molecule has 1 aromatic carbocycles. The Morgan fingerprint density at radius 1 is 1.28 bits per heavy atom. The maximum Gasteiger partial charge on any atom is 0.119 e. The molecule has 0 bridgehead atoms. The van der Waals surface area contributed by atoms with Gasteiger partial charge in [-0.1, -0.05) is 18.2 Å². The number of hydrogen-bond acceptors (Lipinski definition) is 4. The van der Waals surface area contributed by atoms with Gasteiger partial charge in [-0.25, -0.2) is 0 Å². The van der Waals surface area contributed by atoms with Crippen molar-refractivity contribution in [1.29, 1.82) is 0 Å². The van der Waals surface area contributed by atoms with E-state index in [0.717, 1.165) is 25.4 Å². The molecule has 0 spiro atoms. The van der Waals surface area contributed by atoms with Crippen LogP contribution in [0.15, 0.2) is 30.3 Å². The highest BCUT2D eigenvalue weighted by Gasteiger charge is 2.32. The summed E-state index contributed by atoms with van der Waals surface area (Å²) in [4.78, 5) is 4.33. The average molecular weight is 250 g/mol. The van der Waals surface area contributed by atoms with Crippen LogP contribution in [0.2, 0.25) is 0 Å². The zero-order valence-electron chi connectivity index (χ0n) is 11.1. The Hall–Kier alpha value is -1.10. The molecule has 0 radical (unpaired) electrons. The Morgan fingerprint density at radius 3 is 2.61 bits per heavy atom. The first-order valence-electron chi connectivity index (χ1n) is 6.41. The van der Waals surface area contributed by atoms with Crippen LogP contribution in [0.5, 0.6) is 5.75 Å². The van der Waals surface area contributed by atoms with Gasteiger partial charge in [0.1, 0.15) is 12.4 Å². The summed E-state index contributed by atoms with van der Waals surface area (Å²) in [5, 5.41) is 9.92. The van der Waals surface area contributed by atoms with Crippen molar-refractivity contribution >= 4 is 0 Å². The summed E-state index contributed by atoms with van der Waals surface area (Å²) in [5.41, 5.74) is 0. The number of aliphatic hydroxyl groups is 1. The van der Waals surface area contributed by atoms with E-state index >= 15 is 0 Å². The van der Waals surface area contributed by atoms with Crippen LogP contribution in [0.1, 0.15) is 0 Å². The van der Waals surface area contributed by atoms with E-state index in [9.17, 15) is 5.11 Å². The number of rotatable bonds is 5. The third-order valence-corrected chi connectivity index (χ3v) is 3.42. The van der Waals surface area contributed by atoms with Gasteiger partial charge < -0.3 is 14.7 Å². The van der Waals surface area contributed by atoms with Crippen molar-refractivity contribution in [3.63, 3.8) is 0 Å². The van der Waals surface area contributed by atoms with Crippen LogP contribution in [0.25, 0.3) is 0 Å². The number of nitrogens with zero attached hydrogens (tertiary/aromatic N) is 2. The van der Waals surface area contributed by atoms with E-state index in [0.29, 0.717) is 6.61 Å². The lowest BCUT2D eigenvalue weighted by molar-refractivity contribution is 0.112. The number of para-hydroxylation sites is 1. The quantitative estimate of drug-likeness (QED) is 0.833. The smallest absolute Gasteiger partial charge is 0.119 e. The van der Waals surface area contributed by atoms with Crippen molar-refractivity contribution in [2.24, 2.45) is 0 Å². The fourth-order valence-corrected chi connectivity index (χ4v) is 2.35. The predicted octanol–water partition coefficient (Wildman–Crippen LogP) is 0.672. The number of likely N-dealkylation sites (N-methyl/N-ethyl adjacent to an activating group) is 1. The van der Waals surface area contributed by atoms with E-state index in [1.807, 2.05) is 44.4 Å². The molecule has 0 unspecified atom stereocenters. The topological polar surface area (TPSA) is 35.9 Å². The summed E-state index contributed by atoms with van der Waals surface area (Å²) < 4.78 is 5.66. The summed E-state index contributed by atoms with van der Waals surface area (Å²) in [7, 11) is 4.02.